The van der Waals surface area contributed by atoms with Gasteiger partial charge in [-0.15, -0.1) is 0 Å². The topological polar surface area (TPSA) is 42.1 Å². The highest BCUT2D eigenvalue weighted by atomic mass is 19.3. The summed E-state index contributed by atoms with van der Waals surface area (Å²) in [6, 6.07) is 3.17. The van der Waals surface area contributed by atoms with Crippen molar-refractivity contribution in [3.8, 4) is 0 Å². The molecule has 0 spiro atoms. The third-order valence-electron chi connectivity index (χ3n) is 2.42. The van der Waals surface area contributed by atoms with Gasteiger partial charge in [0.05, 0.1) is 12.6 Å². The molecule has 0 aromatic carbocycles. The van der Waals surface area contributed by atoms with Crippen LogP contribution >= 0.6 is 0 Å². The number of aromatic nitrogens is 1. The van der Waals surface area contributed by atoms with Gasteiger partial charge in [0.15, 0.2) is 0 Å². The van der Waals surface area contributed by atoms with Crippen molar-refractivity contribution in [1.82, 2.24) is 9.88 Å². The number of nitrogens with zero attached hydrogens (tertiary/aromatic N) is 2. The van der Waals surface area contributed by atoms with E-state index in [1.54, 1.807) is 37.3 Å². The zero-order chi connectivity index (χ0) is 12.1. The summed E-state index contributed by atoms with van der Waals surface area (Å²) in [6.45, 7) is 1.51. The minimum atomic E-state index is -2.36. The maximum Gasteiger partial charge on any atom is 0.251 e. The molecule has 0 bridgehead atoms. The molecular weight excluding hydrogens is 212 g/mol. The molecule has 1 aromatic rings. The first-order valence-electron chi connectivity index (χ1n) is 5.16. The number of hydrogen-bond acceptors (Lipinski definition) is 3. The highest BCUT2D eigenvalue weighted by molar-refractivity contribution is 5.15. The van der Waals surface area contributed by atoms with Crippen molar-refractivity contribution in [1.29, 1.82) is 0 Å². The fourth-order valence-corrected chi connectivity index (χ4v) is 1.84. The van der Waals surface area contributed by atoms with Crippen LogP contribution in [0, 0.1) is 0 Å². The zero-order valence-corrected chi connectivity index (χ0v) is 9.48. The van der Waals surface area contributed by atoms with Crippen LogP contribution in [0.3, 0.4) is 0 Å². The lowest BCUT2D eigenvalue weighted by Gasteiger charge is -2.30. The van der Waals surface area contributed by atoms with Gasteiger partial charge in [0.25, 0.3) is 6.43 Å². The molecule has 1 aromatic heterocycles. The smallest absolute Gasteiger partial charge is 0.251 e. The second kappa shape index (κ2) is 5.86. The summed E-state index contributed by atoms with van der Waals surface area (Å²) in [5, 5.41) is 0. The molecule has 0 aliphatic heterocycles. The lowest BCUT2D eigenvalue weighted by molar-refractivity contribution is 0.0754. The van der Waals surface area contributed by atoms with Gasteiger partial charge in [-0.25, -0.2) is 8.78 Å². The van der Waals surface area contributed by atoms with Gasteiger partial charge in [-0.3, -0.25) is 9.88 Å². The third kappa shape index (κ3) is 3.50. The van der Waals surface area contributed by atoms with E-state index in [9.17, 15) is 8.78 Å². The summed E-state index contributed by atoms with van der Waals surface area (Å²) in [7, 11) is 1.65. The van der Waals surface area contributed by atoms with Crippen molar-refractivity contribution in [3.05, 3.63) is 30.1 Å². The number of pyridine rings is 1. The maximum absolute atomic E-state index is 12.3. The van der Waals surface area contributed by atoms with E-state index < -0.39 is 6.43 Å². The van der Waals surface area contributed by atoms with E-state index in [0.29, 0.717) is 0 Å². The van der Waals surface area contributed by atoms with Gasteiger partial charge < -0.3 is 5.73 Å². The van der Waals surface area contributed by atoms with Gasteiger partial charge in [-0.1, -0.05) is 6.07 Å². The van der Waals surface area contributed by atoms with Gasteiger partial charge in [0, 0.05) is 18.4 Å². The van der Waals surface area contributed by atoms with Crippen molar-refractivity contribution < 1.29 is 8.78 Å². The monoisotopic (exact) mass is 229 g/mol. The Hall–Kier alpha value is -1.07. The molecule has 0 saturated heterocycles. The van der Waals surface area contributed by atoms with E-state index in [2.05, 4.69) is 4.98 Å². The molecule has 1 rings (SSSR count). The molecule has 2 atom stereocenters. The quantitative estimate of drug-likeness (QED) is 0.835. The lowest BCUT2D eigenvalue weighted by atomic mass is 10.0. The number of hydrogen-bond donors (Lipinski definition) is 1. The van der Waals surface area contributed by atoms with Crippen molar-refractivity contribution in [2.45, 2.75) is 25.4 Å². The Morgan fingerprint density at radius 3 is 2.62 bits per heavy atom. The van der Waals surface area contributed by atoms with Gasteiger partial charge in [0.2, 0.25) is 0 Å². The number of nitrogens with two attached hydrogens (primary N) is 1. The van der Waals surface area contributed by atoms with Crippen LogP contribution in [0.4, 0.5) is 8.78 Å². The van der Waals surface area contributed by atoms with Crippen LogP contribution < -0.4 is 5.73 Å². The number of halogens is 2. The predicted octanol–water partition coefficient (Wildman–Crippen LogP) is 1.67. The Kier molecular flexibility index (Phi) is 4.76. The number of likely N-dealkylation sites (N-methyl/N-ethyl adjacent to an activating group) is 1. The molecular formula is C11H17F2N3. The molecule has 2 unspecified atom stereocenters. The van der Waals surface area contributed by atoms with Crippen molar-refractivity contribution in [3.63, 3.8) is 0 Å². The minimum absolute atomic E-state index is 0.229. The number of alkyl halides is 2. The van der Waals surface area contributed by atoms with Gasteiger partial charge in [-0.2, -0.15) is 0 Å². The van der Waals surface area contributed by atoms with Crippen LogP contribution in [0.15, 0.2) is 24.5 Å². The van der Waals surface area contributed by atoms with Crippen molar-refractivity contribution in [2.75, 3.05) is 13.6 Å². The van der Waals surface area contributed by atoms with Crippen molar-refractivity contribution >= 4 is 0 Å². The Morgan fingerprint density at radius 1 is 1.50 bits per heavy atom. The SMILES string of the molecule is CC(N)C(c1cccnc1)N(C)CC(F)F. The van der Waals surface area contributed by atoms with Gasteiger partial charge >= 0.3 is 0 Å². The summed E-state index contributed by atoms with van der Waals surface area (Å²) in [5.41, 5.74) is 6.69. The van der Waals surface area contributed by atoms with Crippen LogP contribution in [0.25, 0.3) is 0 Å². The predicted molar refractivity (Wildman–Crippen MR) is 59.3 cm³/mol. The standard InChI is InChI=1S/C11H17F2N3/c1-8(14)11(16(2)7-10(12)13)9-4-3-5-15-6-9/h3-6,8,10-11H,7,14H2,1-2H3. The molecule has 5 heteroatoms. The van der Waals surface area contributed by atoms with E-state index in [4.69, 9.17) is 5.73 Å². The molecule has 0 fully saturated rings. The largest absolute Gasteiger partial charge is 0.326 e. The van der Waals surface area contributed by atoms with E-state index in [1.807, 2.05) is 6.07 Å². The average Bonchev–Trinajstić information content (AvgIpc) is 2.17. The fourth-order valence-electron chi connectivity index (χ4n) is 1.84. The van der Waals surface area contributed by atoms with Crippen molar-refractivity contribution in [2.24, 2.45) is 5.73 Å². The Balaban J connectivity index is 2.83. The Labute approximate surface area is 94.3 Å². The second-order valence-electron chi connectivity index (χ2n) is 3.92. The molecule has 0 aliphatic rings. The van der Waals surface area contributed by atoms with Crippen LogP contribution in [0.5, 0.6) is 0 Å². The molecule has 2 N–H and O–H groups in total. The molecule has 0 radical (unpaired) electrons. The molecule has 1 heterocycles. The molecule has 0 saturated carbocycles. The summed E-state index contributed by atoms with van der Waals surface area (Å²) in [4.78, 5) is 5.54. The third-order valence-corrected chi connectivity index (χ3v) is 2.42. The summed E-state index contributed by atoms with van der Waals surface area (Å²) in [5.74, 6) is 0. The van der Waals surface area contributed by atoms with Gasteiger partial charge in [-0.05, 0) is 25.6 Å². The Morgan fingerprint density at radius 2 is 2.19 bits per heavy atom. The number of rotatable bonds is 5. The summed E-state index contributed by atoms with van der Waals surface area (Å²) < 4.78 is 24.7. The van der Waals surface area contributed by atoms with Crippen LogP contribution in [-0.2, 0) is 0 Å². The molecule has 0 amide bonds. The van der Waals surface area contributed by atoms with Crippen LogP contribution in [-0.4, -0.2) is 35.9 Å². The molecule has 16 heavy (non-hydrogen) atoms. The summed E-state index contributed by atoms with van der Waals surface area (Å²) >= 11 is 0. The van der Waals surface area contributed by atoms with Crippen LogP contribution in [0.2, 0.25) is 0 Å². The average molecular weight is 229 g/mol. The molecule has 90 valence electrons. The van der Waals surface area contributed by atoms with Gasteiger partial charge in [0.1, 0.15) is 0 Å². The van der Waals surface area contributed by atoms with E-state index in [0.717, 1.165) is 5.56 Å². The highest BCUT2D eigenvalue weighted by Crippen LogP contribution is 2.21. The van der Waals surface area contributed by atoms with E-state index in [-0.39, 0.29) is 18.6 Å². The second-order valence-corrected chi connectivity index (χ2v) is 3.92. The molecule has 0 aliphatic carbocycles. The lowest BCUT2D eigenvalue weighted by Crippen LogP contribution is -2.39. The molecule has 3 nitrogen and oxygen atoms in total. The Bertz CT molecular complexity index is 303. The first-order valence-corrected chi connectivity index (χ1v) is 5.16. The minimum Gasteiger partial charge on any atom is -0.326 e. The summed E-state index contributed by atoms with van der Waals surface area (Å²) in [6.07, 6.45) is 0.952. The first kappa shape index (κ1) is 13.0. The van der Waals surface area contributed by atoms with E-state index >= 15 is 0 Å². The highest BCUT2D eigenvalue weighted by Gasteiger charge is 2.23. The maximum atomic E-state index is 12.3. The fraction of sp³-hybridized carbons (Fsp3) is 0.545. The zero-order valence-electron chi connectivity index (χ0n) is 9.48. The first-order chi connectivity index (χ1) is 7.52. The normalized spacial score (nSPS) is 15.4. The van der Waals surface area contributed by atoms with Crippen LogP contribution in [0.1, 0.15) is 18.5 Å². The van der Waals surface area contributed by atoms with E-state index in [1.165, 1.54) is 0 Å².